The van der Waals surface area contributed by atoms with Crippen molar-refractivity contribution in [2.24, 2.45) is 11.8 Å². The molecule has 0 aliphatic carbocycles. The molecular formula is C12H26N2O. The number of nitrogens with one attached hydrogen (secondary N) is 1. The number of hydrogen-bond donors (Lipinski definition) is 1. The summed E-state index contributed by atoms with van der Waals surface area (Å²) >= 11 is 0. The van der Waals surface area contributed by atoms with Crippen LogP contribution in [0.25, 0.3) is 0 Å². The van der Waals surface area contributed by atoms with E-state index in [1.165, 1.54) is 19.6 Å². The largest absolute Gasteiger partial charge is 0.385 e. The third-order valence-electron chi connectivity index (χ3n) is 3.37. The van der Waals surface area contributed by atoms with Crippen LogP contribution in [0.15, 0.2) is 0 Å². The molecule has 90 valence electrons. The van der Waals surface area contributed by atoms with Gasteiger partial charge in [0.15, 0.2) is 0 Å². The Labute approximate surface area is 94.2 Å². The lowest BCUT2D eigenvalue weighted by molar-refractivity contribution is 0.194. The topological polar surface area (TPSA) is 24.5 Å². The summed E-state index contributed by atoms with van der Waals surface area (Å²) in [5.41, 5.74) is 0. The van der Waals surface area contributed by atoms with Crippen LogP contribution in [0, 0.1) is 11.8 Å². The molecule has 0 radical (unpaired) electrons. The Kier molecular flexibility index (Phi) is 6.22. The van der Waals surface area contributed by atoms with Crippen LogP contribution in [-0.2, 0) is 4.74 Å². The van der Waals surface area contributed by atoms with Crippen LogP contribution in [0.2, 0.25) is 0 Å². The summed E-state index contributed by atoms with van der Waals surface area (Å²) in [5.74, 6) is 1.75. The van der Waals surface area contributed by atoms with Gasteiger partial charge < -0.3 is 15.0 Å². The number of likely N-dealkylation sites (tertiary alicyclic amines) is 1. The van der Waals surface area contributed by atoms with Gasteiger partial charge in [-0.2, -0.15) is 0 Å². The molecule has 0 aromatic carbocycles. The predicted octanol–water partition coefficient (Wildman–Crippen LogP) is 1.20. The van der Waals surface area contributed by atoms with E-state index in [4.69, 9.17) is 4.74 Å². The van der Waals surface area contributed by atoms with Gasteiger partial charge in [0.05, 0.1) is 0 Å². The van der Waals surface area contributed by atoms with E-state index in [1.54, 1.807) is 7.11 Å². The van der Waals surface area contributed by atoms with Gasteiger partial charge in [0.1, 0.15) is 0 Å². The van der Waals surface area contributed by atoms with Crippen LogP contribution in [0.3, 0.4) is 0 Å². The molecule has 2 atom stereocenters. The van der Waals surface area contributed by atoms with E-state index in [9.17, 15) is 0 Å². The molecule has 1 aliphatic heterocycles. The second-order valence-electron chi connectivity index (χ2n) is 4.81. The highest BCUT2D eigenvalue weighted by atomic mass is 16.5. The van der Waals surface area contributed by atoms with Gasteiger partial charge in [-0.25, -0.2) is 0 Å². The van der Waals surface area contributed by atoms with Crippen molar-refractivity contribution in [1.82, 2.24) is 10.2 Å². The maximum absolute atomic E-state index is 5.00. The van der Waals surface area contributed by atoms with Crippen molar-refractivity contribution in [3.63, 3.8) is 0 Å². The zero-order valence-corrected chi connectivity index (χ0v) is 10.5. The van der Waals surface area contributed by atoms with Crippen LogP contribution in [0.1, 0.15) is 20.3 Å². The third-order valence-corrected chi connectivity index (χ3v) is 3.37. The number of rotatable bonds is 7. The maximum atomic E-state index is 5.00. The second kappa shape index (κ2) is 7.20. The van der Waals surface area contributed by atoms with Gasteiger partial charge in [-0.05, 0) is 24.8 Å². The van der Waals surface area contributed by atoms with Crippen LogP contribution < -0.4 is 5.32 Å². The van der Waals surface area contributed by atoms with Gasteiger partial charge in [0.2, 0.25) is 0 Å². The summed E-state index contributed by atoms with van der Waals surface area (Å²) < 4.78 is 5.00. The molecule has 2 unspecified atom stereocenters. The molecule has 0 aromatic rings. The Balaban J connectivity index is 1.92. The lowest BCUT2D eigenvalue weighted by Gasteiger charge is -2.15. The monoisotopic (exact) mass is 214 g/mol. The molecular weight excluding hydrogens is 188 g/mol. The van der Waals surface area contributed by atoms with Gasteiger partial charge in [-0.3, -0.25) is 0 Å². The fourth-order valence-electron chi connectivity index (χ4n) is 2.14. The van der Waals surface area contributed by atoms with Crippen molar-refractivity contribution in [2.75, 3.05) is 46.4 Å². The summed E-state index contributed by atoms with van der Waals surface area (Å²) in [6, 6.07) is 0. The Morgan fingerprint density at radius 3 is 2.47 bits per heavy atom. The zero-order valence-electron chi connectivity index (χ0n) is 10.5. The molecule has 3 heteroatoms. The highest BCUT2D eigenvalue weighted by Crippen LogP contribution is 2.21. The van der Waals surface area contributed by atoms with Gasteiger partial charge in [-0.1, -0.05) is 13.8 Å². The normalized spacial score (nSPS) is 27.4. The molecule has 1 rings (SSSR count). The molecule has 1 N–H and O–H groups in total. The number of nitrogens with zero attached hydrogens (tertiary/aromatic N) is 1. The number of hydrogen-bond acceptors (Lipinski definition) is 3. The molecule has 1 saturated heterocycles. The summed E-state index contributed by atoms with van der Waals surface area (Å²) in [6.07, 6.45) is 1.11. The molecule has 3 nitrogen and oxygen atoms in total. The van der Waals surface area contributed by atoms with E-state index >= 15 is 0 Å². The summed E-state index contributed by atoms with van der Waals surface area (Å²) in [5, 5.41) is 3.46. The van der Waals surface area contributed by atoms with Crippen molar-refractivity contribution < 1.29 is 4.74 Å². The van der Waals surface area contributed by atoms with Gasteiger partial charge in [0.25, 0.3) is 0 Å². The molecule has 0 aromatic heterocycles. The van der Waals surface area contributed by atoms with Crippen molar-refractivity contribution in [3.8, 4) is 0 Å². The molecule has 1 aliphatic rings. The summed E-state index contributed by atoms with van der Waals surface area (Å²) in [4.78, 5) is 2.57. The van der Waals surface area contributed by atoms with Crippen LogP contribution in [-0.4, -0.2) is 51.3 Å². The predicted molar refractivity (Wildman–Crippen MR) is 64.1 cm³/mol. The standard InChI is InChI=1S/C12H26N2O/c1-11-9-14(10-12(11)2)7-6-13-5-4-8-15-3/h11-13H,4-10H2,1-3H3. The van der Waals surface area contributed by atoms with E-state index in [1.807, 2.05) is 0 Å². The second-order valence-corrected chi connectivity index (χ2v) is 4.81. The van der Waals surface area contributed by atoms with Gasteiger partial charge in [0, 0.05) is 39.9 Å². The molecule has 0 saturated carbocycles. The van der Waals surface area contributed by atoms with E-state index in [0.717, 1.165) is 38.0 Å². The SMILES string of the molecule is COCCCNCCN1CC(C)C(C)C1. The maximum Gasteiger partial charge on any atom is 0.0474 e. The van der Waals surface area contributed by atoms with Crippen molar-refractivity contribution in [1.29, 1.82) is 0 Å². The fourth-order valence-corrected chi connectivity index (χ4v) is 2.14. The summed E-state index contributed by atoms with van der Waals surface area (Å²) in [7, 11) is 1.76. The van der Waals surface area contributed by atoms with Crippen molar-refractivity contribution in [2.45, 2.75) is 20.3 Å². The van der Waals surface area contributed by atoms with Crippen LogP contribution in [0.5, 0.6) is 0 Å². The van der Waals surface area contributed by atoms with Crippen molar-refractivity contribution in [3.05, 3.63) is 0 Å². The lowest BCUT2D eigenvalue weighted by Crippen LogP contribution is -2.31. The van der Waals surface area contributed by atoms with E-state index < -0.39 is 0 Å². The number of ether oxygens (including phenoxy) is 1. The first-order valence-corrected chi connectivity index (χ1v) is 6.16. The minimum atomic E-state index is 0.866. The van der Waals surface area contributed by atoms with Crippen LogP contribution >= 0.6 is 0 Å². The Morgan fingerprint density at radius 1 is 1.20 bits per heavy atom. The first-order valence-electron chi connectivity index (χ1n) is 6.16. The molecule has 15 heavy (non-hydrogen) atoms. The van der Waals surface area contributed by atoms with Gasteiger partial charge >= 0.3 is 0 Å². The Hall–Kier alpha value is -0.120. The fraction of sp³-hybridized carbons (Fsp3) is 1.00. The van der Waals surface area contributed by atoms with E-state index in [-0.39, 0.29) is 0 Å². The molecule has 0 bridgehead atoms. The molecule has 0 amide bonds. The first-order chi connectivity index (χ1) is 7.24. The minimum absolute atomic E-state index is 0.866. The minimum Gasteiger partial charge on any atom is -0.385 e. The quantitative estimate of drug-likeness (QED) is 0.645. The highest BCUT2D eigenvalue weighted by Gasteiger charge is 2.24. The average molecular weight is 214 g/mol. The van der Waals surface area contributed by atoms with Crippen LogP contribution in [0.4, 0.5) is 0 Å². The molecule has 1 fully saturated rings. The Bertz CT molecular complexity index is 154. The first kappa shape index (κ1) is 12.9. The average Bonchev–Trinajstić information content (AvgIpc) is 2.52. The Morgan fingerprint density at radius 2 is 1.87 bits per heavy atom. The van der Waals surface area contributed by atoms with E-state index in [2.05, 4.69) is 24.1 Å². The zero-order chi connectivity index (χ0) is 11.1. The molecule has 0 spiro atoms. The van der Waals surface area contributed by atoms with E-state index in [0.29, 0.717) is 0 Å². The smallest absolute Gasteiger partial charge is 0.0474 e. The lowest BCUT2D eigenvalue weighted by atomic mass is 10.0. The van der Waals surface area contributed by atoms with Crippen molar-refractivity contribution >= 4 is 0 Å². The summed E-state index contributed by atoms with van der Waals surface area (Å²) in [6.45, 7) is 11.5. The number of methoxy groups -OCH3 is 1. The highest BCUT2D eigenvalue weighted by molar-refractivity contribution is 4.78. The third kappa shape index (κ3) is 4.96. The van der Waals surface area contributed by atoms with Gasteiger partial charge in [-0.15, -0.1) is 0 Å². The molecule has 1 heterocycles.